The fourth-order valence-electron chi connectivity index (χ4n) is 1.36. The van der Waals surface area contributed by atoms with Gasteiger partial charge in [-0.25, -0.2) is 0 Å². The number of esters is 1. The van der Waals surface area contributed by atoms with Gasteiger partial charge in [-0.15, -0.1) is 0 Å². The van der Waals surface area contributed by atoms with E-state index in [-0.39, 0.29) is 6.61 Å². The van der Waals surface area contributed by atoms with Crippen LogP contribution in [0, 0.1) is 5.92 Å². The molecule has 5 nitrogen and oxygen atoms in total. The molecule has 1 unspecified atom stereocenters. The van der Waals surface area contributed by atoms with E-state index in [0.29, 0.717) is 0 Å². The molecule has 0 aromatic heterocycles. The van der Waals surface area contributed by atoms with Crippen molar-refractivity contribution in [2.45, 2.75) is 19.6 Å². The van der Waals surface area contributed by atoms with Crippen LogP contribution in [0.4, 0.5) is 0 Å². The van der Waals surface area contributed by atoms with Gasteiger partial charge in [-0.1, -0.05) is 30.3 Å². The smallest absolute Gasteiger partial charge is 0.322 e. The molecule has 1 aromatic carbocycles. The van der Waals surface area contributed by atoms with Crippen molar-refractivity contribution in [1.29, 1.82) is 0 Å². The van der Waals surface area contributed by atoms with Crippen LogP contribution in [0.15, 0.2) is 30.3 Å². The molecule has 1 aromatic rings. The third kappa shape index (κ3) is 3.88. The first-order valence-electron chi connectivity index (χ1n) is 5.21. The van der Waals surface area contributed by atoms with Crippen molar-refractivity contribution in [2.75, 3.05) is 0 Å². The molecule has 0 bridgehead atoms. The minimum absolute atomic E-state index is 0.0518. The van der Waals surface area contributed by atoms with Crippen LogP contribution in [0.25, 0.3) is 0 Å². The van der Waals surface area contributed by atoms with E-state index in [1.165, 1.54) is 6.92 Å². The van der Waals surface area contributed by atoms with Crippen molar-refractivity contribution in [2.24, 2.45) is 11.7 Å². The Labute approximate surface area is 99.2 Å². The maximum atomic E-state index is 11.5. The lowest BCUT2D eigenvalue weighted by atomic mass is 10.0. The number of carbonyl (C=O) groups is 2. The van der Waals surface area contributed by atoms with Crippen molar-refractivity contribution in [3.63, 3.8) is 0 Å². The molecule has 92 valence electrons. The van der Waals surface area contributed by atoms with Crippen molar-refractivity contribution in [3.8, 4) is 0 Å². The van der Waals surface area contributed by atoms with Crippen LogP contribution < -0.4 is 5.73 Å². The molecule has 0 fully saturated rings. The molecule has 0 aliphatic carbocycles. The first kappa shape index (κ1) is 13.2. The number of benzene rings is 1. The van der Waals surface area contributed by atoms with Crippen LogP contribution in [0.2, 0.25) is 0 Å². The predicted molar refractivity (Wildman–Crippen MR) is 61.0 cm³/mol. The van der Waals surface area contributed by atoms with Crippen molar-refractivity contribution in [3.05, 3.63) is 35.9 Å². The average Bonchev–Trinajstić information content (AvgIpc) is 2.27. The van der Waals surface area contributed by atoms with Gasteiger partial charge in [-0.3, -0.25) is 9.59 Å². The van der Waals surface area contributed by atoms with Crippen LogP contribution in [-0.4, -0.2) is 23.1 Å². The number of carbonyl (C=O) groups excluding carboxylic acids is 1. The van der Waals surface area contributed by atoms with Crippen LogP contribution in [0.1, 0.15) is 12.5 Å². The minimum Gasteiger partial charge on any atom is -0.481 e. The lowest BCUT2D eigenvalue weighted by Crippen LogP contribution is -2.39. The van der Waals surface area contributed by atoms with E-state index in [1.807, 2.05) is 18.2 Å². The molecule has 0 radical (unpaired) electrons. The largest absolute Gasteiger partial charge is 0.481 e. The fraction of sp³-hybridized carbons (Fsp3) is 0.333. The van der Waals surface area contributed by atoms with Crippen molar-refractivity contribution in [1.82, 2.24) is 0 Å². The quantitative estimate of drug-likeness (QED) is 0.583. The summed E-state index contributed by atoms with van der Waals surface area (Å²) in [5.74, 6) is -3.40. The summed E-state index contributed by atoms with van der Waals surface area (Å²) in [6.45, 7) is 1.51. The van der Waals surface area contributed by atoms with Gasteiger partial charge in [-0.05, 0) is 12.5 Å². The van der Waals surface area contributed by atoms with E-state index in [2.05, 4.69) is 0 Å². The third-order valence-corrected chi connectivity index (χ3v) is 2.27. The van der Waals surface area contributed by atoms with Crippen molar-refractivity contribution < 1.29 is 19.4 Å². The first-order valence-corrected chi connectivity index (χ1v) is 5.21. The zero-order valence-electron chi connectivity index (χ0n) is 9.50. The summed E-state index contributed by atoms with van der Waals surface area (Å²) in [6.07, 6.45) is 0. The van der Waals surface area contributed by atoms with E-state index in [9.17, 15) is 9.59 Å². The highest BCUT2D eigenvalue weighted by atomic mass is 16.5. The summed E-state index contributed by atoms with van der Waals surface area (Å²) in [4.78, 5) is 22.3. The Hall–Kier alpha value is -1.88. The first-order chi connectivity index (χ1) is 8.02. The van der Waals surface area contributed by atoms with Crippen LogP contribution >= 0.6 is 0 Å². The summed E-state index contributed by atoms with van der Waals surface area (Å²) >= 11 is 0. The Morgan fingerprint density at radius 3 is 2.41 bits per heavy atom. The van der Waals surface area contributed by atoms with Gasteiger partial charge >= 0.3 is 11.9 Å². The molecule has 0 saturated heterocycles. The molecular formula is C12H15NO4. The molecule has 0 heterocycles. The summed E-state index contributed by atoms with van der Waals surface area (Å²) < 4.78 is 4.91. The Bertz CT molecular complexity index is 389. The normalized spacial score (nSPS) is 13.8. The third-order valence-electron chi connectivity index (χ3n) is 2.27. The number of hydrogen-bond donors (Lipinski definition) is 2. The molecule has 0 saturated carbocycles. The van der Waals surface area contributed by atoms with Gasteiger partial charge in [0.1, 0.15) is 6.61 Å². The highest BCUT2D eigenvalue weighted by molar-refractivity contribution is 5.94. The lowest BCUT2D eigenvalue weighted by Gasteiger charge is -2.14. The number of carboxylic acid groups (broad SMARTS) is 1. The van der Waals surface area contributed by atoms with Crippen LogP contribution in [0.5, 0.6) is 0 Å². The zero-order valence-corrected chi connectivity index (χ0v) is 9.50. The van der Waals surface area contributed by atoms with E-state index in [1.54, 1.807) is 12.1 Å². The second-order valence-electron chi connectivity index (χ2n) is 3.77. The standard InChI is InChI=1S/C12H15NO4/c1-8(13)10(11(14)15)12(16)17-7-9-5-3-2-4-6-9/h2-6,8,10H,7,13H2,1H3,(H,14,15)/t8?,10-/m1/s1. The number of nitrogens with two attached hydrogens (primary N) is 1. The molecule has 2 atom stereocenters. The molecule has 0 spiro atoms. The number of aliphatic carboxylic acids is 1. The highest BCUT2D eigenvalue weighted by Gasteiger charge is 2.31. The van der Waals surface area contributed by atoms with E-state index < -0.39 is 23.9 Å². The maximum Gasteiger partial charge on any atom is 0.322 e. The van der Waals surface area contributed by atoms with Gasteiger partial charge < -0.3 is 15.6 Å². The van der Waals surface area contributed by atoms with Gasteiger partial charge in [0.25, 0.3) is 0 Å². The lowest BCUT2D eigenvalue weighted by molar-refractivity contribution is -0.160. The zero-order chi connectivity index (χ0) is 12.8. The number of ether oxygens (including phenoxy) is 1. The second kappa shape index (κ2) is 6.00. The van der Waals surface area contributed by atoms with Gasteiger partial charge in [-0.2, -0.15) is 0 Å². The molecular weight excluding hydrogens is 222 g/mol. The molecule has 0 aliphatic heterocycles. The Kier molecular flexibility index (Phi) is 4.66. The van der Waals surface area contributed by atoms with Crippen LogP contribution in [0.3, 0.4) is 0 Å². The summed E-state index contributed by atoms with van der Waals surface area (Å²) in [6, 6.07) is 8.25. The predicted octanol–water partition coefficient (Wildman–Crippen LogP) is 0.778. The summed E-state index contributed by atoms with van der Waals surface area (Å²) in [7, 11) is 0. The number of rotatable bonds is 5. The highest BCUT2D eigenvalue weighted by Crippen LogP contribution is 2.08. The van der Waals surface area contributed by atoms with Crippen LogP contribution in [-0.2, 0) is 20.9 Å². The number of hydrogen-bond acceptors (Lipinski definition) is 4. The molecule has 17 heavy (non-hydrogen) atoms. The summed E-state index contributed by atoms with van der Waals surface area (Å²) in [5.41, 5.74) is 6.23. The monoisotopic (exact) mass is 237 g/mol. The van der Waals surface area contributed by atoms with E-state index >= 15 is 0 Å². The maximum absolute atomic E-state index is 11.5. The van der Waals surface area contributed by atoms with Gasteiger partial charge in [0, 0.05) is 6.04 Å². The number of carboxylic acids is 1. The second-order valence-corrected chi connectivity index (χ2v) is 3.77. The van der Waals surface area contributed by atoms with Crippen molar-refractivity contribution >= 4 is 11.9 Å². The Morgan fingerprint density at radius 2 is 1.94 bits per heavy atom. The molecule has 0 amide bonds. The average molecular weight is 237 g/mol. The molecule has 5 heteroatoms. The SMILES string of the molecule is CC(N)[C@H](C(=O)O)C(=O)OCc1ccccc1. The van der Waals surface area contributed by atoms with Gasteiger partial charge in [0.05, 0.1) is 0 Å². The van der Waals surface area contributed by atoms with Gasteiger partial charge in [0.2, 0.25) is 0 Å². The van der Waals surface area contributed by atoms with E-state index in [4.69, 9.17) is 15.6 Å². The van der Waals surface area contributed by atoms with Gasteiger partial charge in [0.15, 0.2) is 5.92 Å². The molecule has 0 aliphatic rings. The Morgan fingerprint density at radius 1 is 1.35 bits per heavy atom. The molecule has 3 N–H and O–H groups in total. The summed E-state index contributed by atoms with van der Waals surface area (Å²) in [5, 5.41) is 8.83. The topological polar surface area (TPSA) is 89.6 Å². The molecule has 1 rings (SSSR count). The Balaban J connectivity index is 2.57. The van der Waals surface area contributed by atoms with E-state index in [0.717, 1.165) is 5.56 Å². The fourth-order valence-corrected chi connectivity index (χ4v) is 1.36. The minimum atomic E-state index is -1.32.